The molecular weight excluding hydrogens is 777 g/mol. The van der Waals surface area contributed by atoms with Gasteiger partial charge in [-0.05, 0) is 72.4 Å². The summed E-state index contributed by atoms with van der Waals surface area (Å²) < 4.78 is 19.6. The first-order valence-corrected chi connectivity index (χ1v) is 24.6. The molecule has 0 N–H and O–H groups in total. The molecule has 4 nitrogen and oxygen atoms in total. The summed E-state index contributed by atoms with van der Waals surface area (Å²) in [5.41, 5.74) is 8.92. The van der Waals surface area contributed by atoms with Crippen LogP contribution in [-0.4, -0.2) is 22.7 Å². The maximum absolute atomic E-state index is 4.93. The van der Waals surface area contributed by atoms with E-state index in [4.69, 9.17) is 17.5 Å². The van der Waals surface area contributed by atoms with Gasteiger partial charge in [-0.15, -0.1) is 23.1 Å². The third kappa shape index (κ3) is 8.38. The highest BCUT2D eigenvalue weighted by atomic mass is 33.1. The number of hydrogen-bond donors (Lipinski definition) is 0. The first-order chi connectivity index (χ1) is 26.3. The average Bonchev–Trinajstić information content (AvgIpc) is 3.95. The van der Waals surface area contributed by atoms with E-state index in [9.17, 15) is 0 Å². The Bertz CT molecular complexity index is 2370. The smallest absolute Gasteiger partial charge is 0.114 e. The second-order valence-electron chi connectivity index (χ2n) is 14.5. The van der Waals surface area contributed by atoms with Crippen LogP contribution in [0.5, 0.6) is 0 Å². The lowest BCUT2D eigenvalue weighted by Crippen LogP contribution is -2.01. The van der Waals surface area contributed by atoms with Crippen LogP contribution in [0.1, 0.15) is 104 Å². The Labute approximate surface area is 345 Å². The molecule has 5 aromatic rings. The van der Waals surface area contributed by atoms with E-state index >= 15 is 0 Å². The molecule has 0 saturated carbocycles. The van der Waals surface area contributed by atoms with Crippen LogP contribution < -0.4 is 0 Å². The molecule has 2 aliphatic heterocycles. The fraction of sp³-hybridized carbons (Fsp3) is 0.409. The SMILES string of the molecule is CCC(C)CC1=C(/C(C)C)SS\C(c2ccc(-c3cc4c(cc(C5=CCC#CC(CC)S5)c5nsnc54)c4nsnc34)s2)=C(CC(CC)CC)/C=C/C=C/1. The predicted octanol–water partition coefficient (Wildman–Crippen LogP) is 15.2. The predicted molar refractivity (Wildman–Crippen MR) is 246 cm³/mol. The monoisotopic (exact) mass is 824 g/mol. The number of hydrogen-bond acceptors (Lipinski definition) is 10. The summed E-state index contributed by atoms with van der Waals surface area (Å²) in [5, 5.41) is 2.44. The molecule has 0 saturated heterocycles. The van der Waals surface area contributed by atoms with Crippen LogP contribution in [0.3, 0.4) is 0 Å². The summed E-state index contributed by atoms with van der Waals surface area (Å²) in [7, 11) is 3.94. The van der Waals surface area contributed by atoms with Gasteiger partial charge < -0.3 is 0 Å². The summed E-state index contributed by atoms with van der Waals surface area (Å²) in [6.45, 7) is 16.2. The molecule has 2 aromatic carbocycles. The molecule has 280 valence electrons. The topological polar surface area (TPSA) is 51.6 Å². The Morgan fingerprint density at radius 3 is 2.06 bits per heavy atom. The van der Waals surface area contributed by atoms with Crippen molar-refractivity contribution in [3.8, 4) is 22.3 Å². The van der Waals surface area contributed by atoms with Crippen molar-refractivity contribution in [3.05, 3.63) is 81.1 Å². The van der Waals surface area contributed by atoms with E-state index < -0.39 is 0 Å². The van der Waals surface area contributed by atoms with Crippen molar-refractivity contribution in [1.82, 2.24) is 17.5 Å². The number of benzene rings is 2. The van der Waals surface area contributed by atoms with Gasteiger partial charge >= 0.3 is 0 Å². The van der Waals surface area contributed by atoms with E-state index in [1.54, 1.807) is 0 Å². The van der Waals surface area contributed by atoms with Crippen molar-refractivity contribution in [2.75, 3.05) is 0 Å². The zero-order valence-corrected chi connectivity index (χ0v) is 37.1. The summed E-state index contributed by atoms with van der Waals surface area (Å²) >= 11 is 6.30. The number of thiophene rings is 1. The van der Waals surface area contributed by atoms with Gasteiger partial charge in [-0.2, -0.15) is 17.5 Å². The minimum Gasteiger partial charge on any atom is -0.172 e. The third-order valence-corrected chi connectivity index (χ3v) is 17.1. The van der Waals surface area contributed by atoms with Gasteiger partial charge in [-0.25, -0.2) is 0 Å². The molecule has 10 heteroatoms. The molecule has 0 aliphatic carbocycles. The van der Waals surface area contributed by atoms with E-state index in [0.717, 1.165) is 69.6 Å². The van der Waals surface area contributed by atoms with Crippen molar-refractivity contribution >= 4 is 111 Å². The highest BCUT2D eigenvalue weighted by Gasteiger charge is 2.24. The van der Waals surface area contributed by atoms with Gasteiger partial charge in [0.05, 0.1) is 28.7 Å². The molecule has 2 atom stereocenters. The van der Waals surface area contributed by atoms with Gasteiger partial charge in [0.2, 0.25) is 0 Å². The average molecular weight is 825 g/mol. The molecule has 0 fully saturated rings. The molecular formula is C44H48N4S6. The number of nitrogens with zero attached hydrogens (tertiary/aromatic N) is 4. The standard InChI is InChI=1S/C44H48N4S6/c1-8-27(7)22-29-16-12-13-17-30(23-28(9-2)10-3)44(52-51-43(29)26(5)6)38-21-20-37(50-38)35-25-33-32(40-42(35)48-54-46-40)24-34(41-39(33)45-53-47-41)36-19-15-14-18-31(11-4)49-36/h12-13,16-17,19-21,24-28,31H,8-11,15,22-23H2,1-7H3/b16-12+,17-13+,43-29+,44-30+. The highest BCUT2D eigenvalue weighted by molar-refractivity contribution is 8.81. The fourth-order valence-corrected chi connectivity index (χ4v) is 13.7. The quantitative estimate of drug-likeness (QED) is 0.0917. The van der Waals surface area contributed by atoms with Gasteiger partial charge in [0.1, 0.15) is 22.1 Å². The number of thioether (sulfide) groups is 1. The molecule has 2 aliphatic rings. The van der Waals surface area contributed by atoms with E-state index in [1.165, 1.54) is 78.3 Å². The minimum absolute atomic E-state index is 0.271. The maximum Gasteiger partial charge on any atom is 0.114 e. The Balaban J connectivity index is 1.34. The molecule has 54 heavy (non-hydrogen) atoms. The van der Waals surface area contributed by atoms with Gasteiger partial charge in [-0.3, -0.25) is 0 Å². The van der Waals surface area contributed by atoms with E-state index in [0.29, 0.717) is 17.8 Å². The van der Waals surface area contributed by atoms with E-state index in [-0.39, 0.29) is 5.25 Å². The van der Waals surface area contributed by atoms with Crippen molar-refractivity contribution in [2.45, 2.75) is 98.7 Å². The van der Waals surface area contributed by atoms with E-state index in [1.807, 2.05) is 44.7 Å². The molecule has 0 amide bonds. The van der Waals surface area contributed by atoms with Crippen LogP contribution in [0.15, 0.2) is 70.7 Å². The molecule has 0 bridgehead atoms. The Morgan fingerprint density at radius 1 is 0.741 bits per heavy atom. The maximum atomic E-state index is 4.93. The number of fused-ring (bicyclic) bond motifs is 5. The summed E-state index contributed by atoms with van der Waals surface area (Å²) in [4.78, 5) is 6.59. The van der Waals surface area contributed by atoms with Crippen LogP contribution >= 0.6 is 68.1 Å². The number of aromatic nitrogens is 4. The molecule has 3 aromatic heterocycles. The van der Waals surface area contributed by atoms with Crippen molar-refractivity contribution in [2.24, 2.45) is 17.8 Å². The Kier molecular flexibility index (Phi) is 13.3. The van der Waals surface area contributed by atoms with Crippen molar-refractivity contribution in [3.63, 3.8) is 0 Å². The van der Waals surface area contributed by atoms with Gasteiger partial charge in [-0.1, -0.05) is 132 Å². The second kappa shape index (κ2) is 18.1. The largest absolute Gasteiger partial charge is 0.172 e. The van der Waals surface area contributed by atoms with Gasteiger partial charge in [0.25, 0.3) is 0 Å². The first-order valence-electron chi connectivity index (χ1n) is 19.3. The normalized spacial score (nSPS) is 21.4. The molecule has 0 radical (unpaired) electrons. The zero-order valence-electron chi connectivity index (χ0n) is 32.2. The van der Waals surface area contributed by atoms with Gasteiger partial charge in [0.15, 0.2) is 0 Å². The number of allylic oxidation sites excluding steroid dienone is 8. The second-order valence-corrected chi connectivity index (χ2v) is 20.1. The Morgan fingerprint density at radius 2 is 1.39 bits per heavy atom. The van der Waals surface area contributed by atoms with Crippen LogP contribution in [-0.2, 0) is 0 Å². The third-order valence-electron chi connectivity index (χ3n) is 10.5. The van der Waals surface area contributed by atoms with Crippen LogP contribution in [0.25, 0.3) is 53.1 Å². The van der Waals surface area contributed by atoms with Crippen molar-refractivity contribution < 1.29 is 0 Å². The highest BCUT2D eigenvalue weighted by Crippen LogP contribution is 2.51. The fourth-order valence-electron chi connectivity index (χ4n) is 7.04. The Hall–Kier alpha value is -2.65. The minimum atomic E-state index is 0.271. The molecule has 5 heterocycles. The summed E-state index contributed by atoms with van der Waals surface area (Å²) in [6, 6.07) is 9.22. The molecule has 0 spiro atoms. The summed E-state index contributed by atoms with van der Waals surface area (Å²) in [6.07, 6.45) is 19.1. The zero-order chi connectivity index (χ0) is 37.8. The van der Waals surface area contributed by atoms with E-state index in [2.05, 4.69) is 115 Å². The van der Waals surface area contributed by atoms with Crippen LogP contribution in [0.2, 0.25) is 0 Å². The van der Waals surface area contributed by atoms with Crippen LogP contribution in [0, 0.1) is 29.6 Å². The lowest BCUT2D eigenvalue weighted by atomic mass is 9.93. The van der Waals surface area contributed by atoms with Crippen LogP contribution in [0.4, 0.5) is 0 Å². The number of rotatable bonds is 12. The van der Waals surface area contributed by atoms with Crippen molar-refractivity contribution in [1.29, 1.82) is 0 Å². The lowest BCUT2D eigenvalue weighted by molar-refractivity contribution is 0.493. The first kappa shape index (κ1) is 39.6. The molecule has 2 unspecified atom stereocenters. The summed E-state index contributed by atoms with van der Waals surface area (Å²) in [5.74, 6) is 8.51. The molecule has 7 rings (SSSR count). The van der Waals surface area contributed by atoms with Gasteiger partial charge in [0, 0.05) is 52.8 Å². The lowest BCUT2D eigenvalue weighted by Gasteiger charge is -2.21.